The van der Waals surface area contributed by atoms with Gasteiger partial charge in [0.2, 0.25) is 0 Å². The van der Waals surface area contributed by atoms with Crippen LogP contribution in [0.1, 0.15) is 48.3 Å². The van der Waals surface area contributed by atoms with Crippen molar-refractivity contribution in [3.8, 4) is 0 Å². The van der Waals surface area contributed by atoms with Crippen LogP contribution in [0.3, 0.4) is 0 Å². The van der Waals surface area contributed by atoms with Gasteiger partial charge in [-0.3, -0.25) is 4.79 Å². The van der Waals surface area contributed by atoms with Gasteiger partial charge < -0.3 is 25.7 Å². The molecule has 0 atom stereocenters. The number of alkyl halides is 6. The van der Waals surface area contributed by atoms with E-state index in [9.17, 15) is 31.1 Å². The number of amides is 1. The van der Waals surface area contributed by atoms with Crippen LogP contribution in [0.25, 0.3) is 0 Å². The molecule has 0 bridgehead atoms. The summed E-state index contributed by atoms with van der Waals surface area (Å²) in [6.45, 7) is 6.99. The molecule has 1 aromatic heterocycles. The molecule has 0 aromatic carbocycles. The largest absolute Gasteiger partial charge is 0.490 e. The van der Waals surface area contributed by atoms with Crippen LogP contribution in [0.5, 0.6) is 0 Å². The Hall–Kier alpha value is -3.10. The molecule has 1 saturated carbocycles. The first-order valence-corrected chi connectivity index (χ1v) is 11.3. The Balaban J connectivity index is 0.000000404. The molecule has 0 unspecified atom stereocenters. The van der Waals surface area contributed by atoms with Crippen molar-refractivity contribution in [2.75, 3.05) is 32.0 Å². The number of carboxylic acid groups (broad SMARTS) is 2. The topological polar surface area (TPSA) is 132 Å². The maximum atomic E-state index is 12.6. The van der Waals surface area contributed by atoms with Gasteiger partial charge in [-0.2, -0.15) is 26.3 Å². The molecule has 0 saturated heterocycles. The molecule has 2 heterocycles. The van der Waals surface area contributed by atoms with Gasteiger partial charge in [0.1, 0.15) is 5.82 Å². The highest BCUT2D eigenvalue weighted by Gasteiger charge is 2.38. The van der Waals surface area contributed by atoms with Gasteiger partial charge in [0, 0.05) is 37.8 Å². The van der Waals surface area contributed by atoms with Crippen molar-refractivity contribution in [3.05, 3.63) is 22.9 Å². The second kappa shape index (κ2) is 13.4. The minimum atomic E-state index is -5.08. The van der Waals surface area contributed by atoms with Crippen LogP contribution in [-0.2, 0) is 22.4 Å². The first-order valence-electron chi connectivity index (χ1n) is 11.3. The molecule has 0 spiro atoms. The molecule has 3 rings (SSSR count). The zero-order valence-electron chi connectivity index (χ0n) is 20.5. The predicted molar refractivity (Wildman–Crippen MR) is 120 cm³/mol. The summed E-state index contributed by atoms with van der Waals surface area (Å²) < 4.78 is 63.5. The summed E-state index contributed by atoms with van der Waals surface area (Å²) in [6.07, 6.45) is -5.77. The van der Waals surface area contributed by atoms with Crippen molar-refractivity contribution in [3.63, 3.8) is 0 Å². The number of halogens is 6. The lowest BCUT2D eigenvalue weighted by Gasteiger charge is -2.17. The fourth-order valence-corrected chi connectivity index (χ4v) is 2.96. The number of carbonyl (C=O) groups excluding carboxylic acids is 1. The first kappa shape index (κ1) is 31.9. The van der Waals surface area contributed by atoms with Crippen LogP contribution in [0.4, 0.5) is 32.2 Å². The predicted octanol–water partition coefficient (Wildman–Crippen LogP) is 3.34. The number of likely N-dealkylation sites (N-methyl/N-ethyl adjacent to an activating group) is 1. The van der Waals surface area contributed by atoms with Gasteiger partial charge in [0.15, 0.2) is 0 Å². The summed E-state index contributed by atoms with van der Waals surface area (Å²) in [5, 5.41) is 20.7. The second-order valence-corrected chi connectivity index (χ2v) is 8.85. The summed E-state index contributed by atoms with van der Waals surface area (Å²) in [6, 6.07) is 2.32. The number of pyridine rings is 1. The molecular formula is C22H30F6N4O5. The Labute approximate surface area is 209 Å². The maximum Gasteiger partial charge on any atom is 0.490 e. The third-order valence-electron chi connectivity index (χ3n) is 5.09. The van der Waals surface area contributed by atoms with E-state index in [4.69, 9.17) is 24.8 Å². The van der Waals surface area contributed by atoms with E-state index in [1.165, 1.54) is 18.4 Å². The van der Waals surface area contributed by atoms with Gasteiger partial charge in [-0.25, -0.2) is 14.6 Å². The lowest BCUT2D eigenvalue weighted by Crippen LogP contribution is -2.28. The van der Waals surface area contributed by atoms with Gasteiger partial charge in [0.25, 0.3) is 5.91 Å². The number of fused-ring (bicyclic) bond motifs is 1. The molecule has 2 aliphatic rings. The van der Waals surface area contributed by atoms with Gasteiger partial charge >= 0.3 is 24.3 Å². The van der Waals surface area contributed by atoms with Crippen molar-refractivity contribution in [1.29, 1.82) is 0 Å². The second-order valence-electron chi connectivity index (χ2n) is 8.85. The average molecular weight is 544 g/mol. The molecule has 15 heteroatoms. The van der Waals surface area contributed by atoms with Crippen LogP contribution in [-0.4, -0.2) is 83.0 Å². The molecule has 9 nitrogen and oxygen atoms in total. The van der Waals surface area contributed by atoms with E-state index >= 15 is 0 Å². The Kier molecular flexibility index (Phi) is 11.6. The summed E-state index contributed by atoms with van der Waals surface area (Å²) >= 11 is 0. The van der Waals surface area contributed by atoms with Gasteiger partial charge in [-0.1, -0.05) is 0 Å². The number of nitrogens with one attached hydrogen (secondary N) is 2. The Morgan fingerprint density at radius 3 is 1.95 bits per heavy atom. The van der Waals surface area contributed by atoms with E-state index in [0.29, 0.717) is 11.5 Å². The first-order chi connectivity index (χ1) is 16.9. The van der Waals surface area contributed by atoms with Gasteiger partial charge in [-0.15, -0.1) is 0 Å². The SMILES string of the molecule is CC(C)Nc1nc2c(cc1C(=O)NCC1CC1)CCN(C)CC2.O=C(O)C(F)(F)F.O=C(O)C(F)(F)F. The summed E-state index contributed by atoms with van der Waals surface area (Å²) in [4.78, 5) is 37.5. The van der Waals surface area contributed by atoms with Crippen LogP contribution in [0, 0.1) is 5.92 Å². The summed E-state index contributed by atoms with van der Waals surface area (Å²) in [5.74, 6) is -4.09. The van der Waals surface area contributed by atoms with E-state index in [0.717, 1.165) is 44.0 Å². The normalized spacial score (nSPS) is 15.7. The quantitative estimate of drug-likeness (QED) is 0.415. The zero-order chi connectivity index (χ0) is 28.6. The van der Waals surface area contributed by atoms with E-state index in [-0.39, 0.29) is 11.9 Å². The Bertz CT molecular complexity index is 925. The van der Waals surface area contributed by atoms with Gasteiger partial charge in [0.05, 0.1) is 5.56 Å². The maximum absolute atomic E-state index is 12.6. The van der Waals surface area contributed by atoms with Crippen molar-refractivity contribution in [1.82, 2.24) is 15.2 Å². The van der Waals surface area contributed by atoms with Crippen molar-refractivity contribution < 1.29 is 50.9 Å². The minimum Gasteiger partial charge on any atom is -0.475 e. The number of rotatable bonds is 5. The molecule has 4 N–H and O–H groups in total. The number of nitrogens with zero attached hydrogens (tertiary/aromatic N) is 2. The van der Waals surface area contributed by atoms with Crippen molar-refractivity contribution >= 4 is 23.7 Å². The number of carboxylic acids is 2. The molecule has 1 aromatic rings. The number of aromatic nitrogens is 1. The lowest BCUT2D eigenvalue weighted by molar-refractivity contribution is -0.193. The number of carbonyl (C=O) groups is 3. The van der Waals surface area contributed by atoms with Crippen LogP contribution < -0.4 is 10.6 Å². The van der Waals surface area contributed by atoms with Crippen molar-refractivity contribution in [2.24, 2.45) is 5.92 Å². The minimum absolute atomic E-state index is 0.00736. The van der Waals surface area contributed by atoms with E-state index in [1.54, 1.807) is 0 Å². The molecule has 1 amide bonds. The highest BCUT2D eigenvalue weighted by atomic mass is 19.4. The summed E-state index contributed by atoms with van der Waals surface area (Å²) in [7, 11) is 2.14. The van der Waals surface area contributed by atoms with E-state index in [1.807, 2.05) is 0 Å². The zero-order valence-corrected chi connectivity index (χ0v) is 20.5. The number of aliphatic carboxylic acids is 2. The molecule has 210 valence electrons. The molecule has 37 heavy (non-hydrogen) atoms. The van der Waals surface area contributed by atoms with Crippen LogP contribution >= 0.6 is 0 Å². The average Bonchev–Trinajstić information content (AvgIpc) is 3.59. The third kappa shape index (κ3) is 12.1. The number of hydrogen-bond donors (Lipinski definition) is 4. The molecule has 0 radical (unpaired) electrons. The number of hydrogen-bond acceptors (Lipinski definition) is 6. The molecular weight excluding hydrogens is 514 g/mol. The van der Waals surface area contributed by atoms with Gasteiger partial charge in [-0.05, 0) is 57.7 Å². The highest BCUT2D eigenvalue weighted by Crippen LogP contribution is 2.28. The third-order valence-corrected chi connectivity index (χ3v) is 5.09. The van der Waals surface area contributed by atoms with Crippen molar-refractivity contribution in [2.45, 2.75) is 57.9 Å². The van der Waals surface area contributed by atoms with E-state index < -0.39 is 24.3 Å². The lowest BCUT2D eigenvalue weighted by atomic mass is 10.0. The van der Waals surface area contributed by atoms with Crippen LogP contribution in [0.2, 0.25) is 0 Å². The smallest absolute Gasteiger partial charge is 0.475 e. The molecule has 1 aliphatic carbocycles. The fourth-order valence-electron chi connectivity index (χ4n) is 2.96. The molecule has 1 fully saturated rings. The number of anilines is 1. The monoisotopic (exact) mass is 544 g/mol. The van der Waals surface area contributed by atoms with Crippen LogP contribution in [0.15, 0.2) is 6.07 Å². The standard InChI is InChI=1S/C18H28N4O.2C2HF3O2/c1-12(2)20-17-15(18(23)19-11-13-4-5-13)10-14-6-8-22(3)9-7-16(14)21-17;2*3-2(4,5)1(6)7/h10,12-13H,4-9,11H2,1-3H3,(H,19,23)(H,20,21);2*(H,6,7). The van der Waals surface area contributed by atoms with E-state index in [2.05, 4.69) is 42.5 Å². The Morgan fingerprint density at radius 1 is 1.03 bits per heavy atom. The highest BCUT2D eigenvalue weighted by molar-refractivity contribution is 5.99. The Morgan fingerprint density at radius 2 is 1.51 bits per heavy atom. The fraction of sp³-hybridized carbons (Fsp3) is 0.636. The summed E-state index contributed by atoms with van der Waals surface area (Å²) in [5.41, 5.74) is 3.05. The molecule has 1 aliphatic heterocycles.